The summed E-state index contributed by atoms with van der Waals surface area (Å²) in [7, 11) is 0. The highest BCUT2D eigenvalue weighted by molar-refractivity contribution is 5.58. The number of ether oxygens (including phenoxy) is 1. The van der Waals surface area contributed by atoms with E-state index in [2.05, 4.69) is 20.4 Å². The number of nitrogens with one attached hydrogen (secondary N) is 2. The lowest BCUT2D eigenvalue weighted by atomic mass is 9.75. The Balaban J connectivity index is 1.22. The molecule has 2 aliphatic heterocycles. The molecule has 32 heavy (non-hydrogen) atoms. The van der Waals surface area contributed by atoms with Crippen LogP contribution in [0.1, 0.15) is 57.8 Å². The number of benzene rings is 1. The van der Waals surface area contributed by atoms with Gasteiger partial charge < -0.3 is 19.8 Å². The van der Waals surface area contributed by atoms with E-state index in [1.54, 1.807) is 18.3 Å². The Bertz CT molecular complexity index is 899. The van der Waals surface area contributed by atoms with Gasteiger partial charge in [-0.3, -0.25) is 0 Å². The third kappa shape index (κ3) is 5.05. The van der Waals surface area contributed by atoms with Gasteiger partial charge in [0.05, 0.1) is 6.20 Å². The summed E-state index contributed by atoms with van der Waals surface area (Å²) in [4.78, 5) is 4.39. The first-order valence-corrected chi connectivity index (χ1v) is 11.8. The largest absolute Gasteiger partial charge is 0.573 e. The predicted octanol–water partition coefficient (Wildman–Crippen LogP) is 6.13. The molecule has 2 N–H and O–H groups in total. The van der Waals surface area contributed by atoms with E-state index in [0.29, 0.717) is 35.3 Å². The molecule has 8 heteroatoms. The molecule has 3 fully saturated rings. The van der Waals surface area contributed by atoms with Gasteiger partial charge in [0, 0.05) is 23.7 Å². The zero-order valence-corrected chi connectivity index (χ0v) is 18.0. The summed E-state index contributed by atoms with van der Waals surface area (Å²) in [6, 6.07) is 7.90. The van der Waals surface area contributed by atoms with E-state index in [4.69, 9.17) is 4.42 Å². The molecule has 1 aromatic heterocycles. The Kier molecular flexibility index (Phi) is 6.05. The minimum Gasteiger partial charge on any atom is -0.424 e. The van der Waals surface area contributed by atoms with Crippen LogP contribution in [0, 0.1) is 11.8 Å². The van der Waals surface area contributed by atoms with Crippen molar-refractivity contribution in [2.75, 3.05) is 5.32 Å². The van der Waals surface area contributed by atoms with Crippen LogP contribution in [0.5, 0.6) is 5.75 Å². The molecule has 5 atom stereocenters. The molecule has 1 aliphatic carbocycles. The van der Waals surface area contributed by atoms with Crippen LogP contribution in [0.2, 0.25) is 0 Å². The third-order valence-corrected chi connectivity index (χ3v) is 7.43. The van der Waals surface area contributed by atoms with Gasteiger partial charge in [-0.15, -0.1) is 13.2 Å². The number of halogens is 3. The van der Waals surface area contributed by atoms with Crippen LogP contribution in [0.4, 0.5) is 19.2 Å². The highest BCUT2D eigenvalue weighted by Gasteiger charge is 2.38. The Labute approximate surface area is 186 Å². The van der Waals surface area contributed by atoms with E-state index in [9.17, 15) is 13.2 Å². The second-order valence-electron chi connectivity index (χ2n) is 9.52. The van der Waals surface area contributed by atoms with E-state index in [0.717, 1.165) is 18.4 Å². The fourth-order valence-electron chi connectivity index (χ4n) is 5.87. The summed E-state index contributed by atoms with van der Waals surface area (Å²) in [5.41, 5.74) is 0.657. The lowest BCUT2D eigenvalue weighted by Gasteiger charge is -2.37. The van der Waals surface area contributed by atoms with E-state index in [1.165, 1.54) is 63.5 Å². The van der Waals surface area contributed by atoms with Crippen LogP contribution in [0.15, 0.2) is 34.9 Å². The van der Waals surface area contributed by atoms with Gasteiger partial charge >= 0.3 is 6.36 Å². The van der Waals surface area contributed by atoms with Crippen molar-refractivity contribution in [2.24, 2.45) is 11.8 Å². The summed E-state index contributed by atoms with van der Waals surface area (Å²) in [5, 5.41) is 7.33. The van der Waals surface area contributed by atoms with Gasteiger partial charge in [0.2, 0.25) is 0 Å². The first kappa shape index (κ1) is 21.6. The lowest BCUT2D eigenvalue weighted by molar-refractivity contribution is -0.274. The standard InChI is InChI=1S/C24H30F3N3O2/c25-24(26,27)32-19-10-6-15(7-11-19)22-14-28-23(31-22)30-20-4-2-1-3-16(20)13-17-5-8-18-9-12-21(17)29-18/h6-7,10-11,14,16-18,20-21,29H,1-5,8-9,12-13H2,(H,28,30)/t16-,17?,18?,20+,21?/m0/s1. The van der Waals surface area contributed by atoms with Crippen molar-refractivity contribution in [3.63, 3.8) is 0 Å². The number of anilines is 1. The molecule has 3 heterocycles. The average molecular weight is 450 g/mol. The molecule has 0 amide bonds. The molecule has 1 saturated carbocycles. The number of oxazole rings is 1. The molecule has 2 bridgehead atoms. The van der Waals surface area contributed by atoms with Gasteiger partial charge in [-0.25, -0.2) is 4.98 Å². The second kappa shape index (κ2) is 8.96. The minimum absolute atomic E-state index is 0.255. The Morgan fingerprint density at radius 3 is 2.59 bits per heavy atom. The van der Waals surface area contributed by atoms with Crippen molar-refractivity contribution in [1.82, 2.24) is 10.3 Å². The first-order valence-electron chi connectivity index (χ1n) is 11.8. The van der Waals surface area contributed by atoms with Crippen molar-refractivity contribution < 1.29 is 22.3 Å². The van der Waals surface area contributed by atoms with Gasteiger partial charge in [-0.1, -0.05) is 12.8 Å². The van der Waals surface area contributed by atoms with Crippen LogP contribution in [-0.2, 0) is 0 Å². The summed E-state index contributed by atoms with van der Waals surface area (Å²) in [6.45, 7) is 0. The Morgan fingerprint density at radius 2 is 1.78 bits per heavy atom. The van der Waals surface area contributed by atoms with Gasteiger partial charge in [0.1, 0.15) is 5.75 Å². The second-order valence-corrected chi connectivity index (χ2v) is 9.52. The predicted molar refractivity (Wildman–Crippen MR) is 115 cm³/mol. The maximum absolute atomic E-state index is 12.4. The molecule has 5 rings (SSSR count). The first-order chi connectivity index (χ1) is 15.4. The quantitative estimate of drug-likeness (QED) is 0.555. The molecule has 0 spiro atoms. The number of hydrogen-bond donors (Lipinski definition) is 2. The minimum atomic E-state index is -4.70. The van der Waals surface area contributed by atoms with Crippen LogP contribution in [0.25, 0.3) is 11.3 Å². The van der Waals surface area contributed by atoms with Crippen molar-refractivity contribution in [2.45, 2.75) is 82.3 Å². The van der Waals surface area contributed by atoms with Gasteiger partial charge in [0.15, 0.2) is 5.76 Å². The van der Waals surface area contributed by atoms with Crippen molar-refractivity contribution >= 4 is 6.01 Å². The molecule has 5 nitrogen and oxygen atoms in total. The smallest absolute Gasteiger partial charge is 0.424 e. The molecule has 3 aliphatic rings. The number of fused-ring (bicyclic) bond motifs is 2. The highest BCUT2D eigenvalue weighted by atomic mass is 19.4. The van der Waals surface area contributed by atoms with E-state index in [-0.39, 0.29) is 5.75 Å². The van der Waals surface area contributed by atoms with Crippen molar-refractivity contribution in [3.8, 4) is 17.1 Å². The Morgan fingerprint density at radius 1 is 1.00 bits per heavy atom. The average Bonchev–Trinajstić information content (AvgIpc) is 3.38. The third-order valence-electron chi connectivity index (χ3n) is 7.43. The summed E-state index contributed by atoms with van der Waals surface area (Å²) in [6.07, 6.45) is 8.28. The zero-order chi connectivity index (χ0) is 22.1. The number of nitrogens with zero attached hydrogens (tertiary/aromatic N) is 1. The topological polar surface area (TPSA) is 59.3 Å². The molecular formula is C24H30F3N3O2. The van der Waals surface area contributed by atoms with Crippen molar-refractivity contribution in [1.29, 1.82) is 0 Å². The number of rotatable bonds is 6. The zero-order valence-electron chi connectivity index (χ0n) is 18.0. The van der Waals surface area contributed by atoms with Gasteiger partial charge in [-0.05, 0) is 81.0 Å². The number of piperidine rings is 1. The van der Waals surface area contributed by atoms with E-state index in [1.807, 2.05) is 0 Å². The maximum Gasteiger partial charge on any atom is 0.573 e. The molecular weight excluding hydrogens is 419 g/mol. The van der Waals surface area contributed by atoms with Gasteiger partial charge in [0.25, 0.3) is 6.01 Å². The van der Waals surface area contributed by atoms with Gasteiger partial charge in [-0.2, -0.15) is 0 Å². The fraction of sp³-hybridized carbons (Fsp3) is 0.625. The molecule has 2 aromatic rings. The number of hydrogen-bond acceptors (Lipinski definition) is 5. The van der Waals surface area contributed by atoms with Crippen LogP contribution < -0.4 is 15.4 Å². The monoisotopic (exact) mass is 449 g/mol. The Hall–Kier alpha value is -2.22. The number of aromatic nitrogens is 1. The van der Waals surface area contributed by atoms with Crippen LogP contribution >= 0.6 is 0 Å². The normalized spacial score (nSPS) is 30.3. The molecule has 174 valence electrons. The highest BCUT2D eigenvalue weighted by Crippen LogP contribution is 2.39. The molecule has 1 aromatic carbocycles. The summed E-state index contributed by atoms with van der Waals surface area (Å²) in [5.74, 6) is 1.64. The fourth-order valence-corrected chi connectivity index (χ4v) is 5.87. The maximum atomic E-state index is 12.4. The number of alkyl halides is 3. The van der Waals surface area contributed by atoms with Crippen LogP contribution in [-0.4, -0.2) is 29.5 Å². The van der Waals surface area contributed by atoms with Crippen LogP contribution in [0.3, 0.4) is 0 Å². The summed E-state index contributed by atoms with van der Waals surface area (Å²) >= 11 is 0. The SMILES string of the molecule is FC(F)(F)Oc1ccc(-c2cnc(N[C@@H]3CCCC[C@H]3CC3CCC4CCC3N4)o2)cc1. The lowest BCUT2D eigenvalue weighted by Crippen LogP contribution is -2.43. The molecule has 2 saturated heterocycles. The molecule has 0 radical (unpaired) electrons. The van der Waals surface area contributed by atoms with E-state index < -0.39 is 6.36 Å². The summed E-state index contributed by atoms with van der Waals surface area (Å²) < 4.78 is 46.9. The van der Waals surface area contributed by atoms with Crippen molar-refractivity contribution in [3.05, 3.63) is 30.5 Å². The van der Waals surface area contributed by atoms with E-state index >= 15 is 0 Å². The molecule has 3 unspecified atom stereocenters.